The van der Waals surface area contributed by atoms with E-state index < -0.39 is 12.1 Å². The molecule has 4 heteroatoms. The molecule has 0 aromatic heterocycles. The molecule has 0 aliphatic heterocycles. The lowest BCUT2D eigenvalue weighted by Gasteiger charge is -2.31. The molecule has 1 aliphatic carbocycles. The molecule has 0 unspecified atom stereocenters. The Morgan fingerprint density at radius 3 is 2.58 bits per heavy atom. The first-order chi connectivity index (χ1) is 9.13. The van der Waals surface area contributed by atoms with Crippen molar-refractivity contribution in [2.45, 2.75) is 44.2 Å². The van der Waals surface area contributed by atoms with Crippen LogP contribution in [0.4, 0.5) is 0 Å². The number of aromatic hydroxyl groups is 1. The van der Waals surface area contributed by atoms with Crippen LogP contribution in [0, 0.1) is 5.92 Å². The van der Waals surface area contributed by atoms with Gasteiger partial charge in [-0.1, -0.05) is 19.3 Å². The second kappa shape index (κ2) is 6.26. The number of hydrogen-bond donors (Lipinski definition) is 3. The highest BCUT2D eigenvalue weighted by Crippen LogP contribution is 2.35. The number of aliphatic hydroxyl groups is 1. The van der Waals surface area contributed by atoms with Crippen molar-refractivity contribution in [1.82, 2.24) is 0 Å². The highest BCUT2D eigenvalue weighted by atomic mass is 16.5. The minimum atomic E-state index is -0.557. The van der Waals surface area contributed by atoms with Gasteiger partial charge in [0.05, 0.1) is 19.3 Å². The Morgan fingerprint density at radius 2 is 1.95 bits per heavy atom. The van der Waals surface area contributed by atoms with Crippen LogP contribution in [0.2, 0.25) is 0 Å². The average Bonchev–Trinajstić information content (AvgIpc) is 2.46. The van der Waals surface area contributed by atoms with Crippen LogP contribution < -0.4 is 10.5 Å². The van der Waals surface area contributed by atoms with Crippen molar-refractivity contribution in [2.24, 2.45) is 11.7 Å². The first-order valence-electron chi connectivity index (χ1n) is 6.94. The molecule has 2 atom stereocenters. The van der Waals surface area contributed by atoms with Gasteiger partial charge in [0.15, 0.2) is 0 Å². The fraction of sp³-hybridized carbons (Fsp3) is 0.600. The van der Waals surface area contributed by atoms with Gasteiger partial charge >= 0.3 is 0 Å². The predicted molar refractivity (Wildman–Crippen MR) is 74.2 cm³/mol. The SMILES string of the molecule is COc1cc(O)ccc1[C@H](N)[C@H](O)C1CCCCC1. The summed E-state index contributed by atoms with van der Waals surface area (Å²) < 4.78 is 5.23. The molecular weight excluding hydrogens is 242 g/mol. The van der Waals surface area contributed by atoms with E-state index in [4.69, 9.17) is 10.5 Å². The molecule has 0 bridgehead atoms. The molecule has 2 rings (SSSR count). The smallest absolute Gasteiger partial charge is 0.127 e. The van der Waals surface area contributed by atoms with Gasteiger partial charge in [-0.2, -0.15) is 0 Å². The maximum Gasteiger partial charge on any atom is 0.127 e. The van der Waals surface area contributed by atoms with Crippen LogP contribution in [0.15, 0.2) is 18.2 Å². The number of methoxy groups -OCH3 is 1. The van der Waals surface area contributed by atoms with Crippen molar-refractivity contribution in [1.29, 1.82) is 0 Å². The van der Waals surface area contributed by atoms with Crippen molar-refractivity contribution >= 4 is 0 Å². The fourth-order valence-corrected chi connectivity index (χ4v) is 2.93. The Bertz CT molecular complexity index is 416. The van der Waals surface area contributed by atoms with E-state index in [9.17, 15) is 10.2 Å². The number of nitrogens with two attached hydrogens (primary N) is 1. The lowest BCUT2D eigenvalue weighted by Crippen LogP contribution is -2.34. The summed E-state index contributed by atoms with van der Waals surface area (Å²) in [5.74, 6) is 0.935. The number of rotatable bonds is 4. The van der Waals surface area contributed by atoms with Crippen LogP contribution in [0.5, 0.6) is 11.5 Å². The summed E-state index contributed by atoms with van der Waals surface area (Å²) in [6, 6.07) is 4.36. The standard InChI is InChI=1S/C15H23NO3/c1-19-13-9-11(17)7-8-12(13)14(16)15(18)10-5-3-2-4-6-10/h7-10,14-15,17-18H,2-6,16H2,1H3/t14-,15+/m0/s1. The van der Waals surface area contributed by atoms with E-state index in [-0.39, 0.29) is 11.7 Å². The minimum Gasteiger partial charge on any atom is -0.508 e. The summed E-state index contributed by atoms with van der Waals surface area (Å²) in [7, 11) is 1.54. The van der Waals surface area contributed by atoms with Crippen molar-refractivity contribution < 1.29 is 14.9 Å². The number of hydrogen-bond acceptors (Lipinski definition) is 4. The number of aliphatic hydroxyl groups excluding tert-OH is 1. The van der Waals surface area contributed by atoms with Crippen LogP contribution in [-0.4, -0.2) is 23.4 Å². The summed E-state index contributed by atoms with van der Waals surface area (Å²) >= 11 is 0. The van der Waals surface area contributed by atoms with E-state index in [1.807, 2.05) is 0 Å². The summed E-state index contributed by atoms with van der Waals surface area (Å²) in [5, 5.41) is 19.9. The molecule has 4 N–H and O–H groups in total. The molecule has 106 valence electrons. The van der Waals surface area contributed by atoms with Gasteiger partial charge in [-0.25, -0.2) is 0 Å². The van der Waals surface area contributed by atoms with E-state index in [1.165, 1.54) is 32.4 Å². The Morgan fingerprint density at radius 1 is 1.26 bits per heavy atom. The average molecular weight is 265 g/mol. The number of benzene rings is 1. The largest absolute Gasteiger partial charge is 0.508 e. The Labute approximate surface area is 114 Å². The van der Waals surface area contributed by atoms with Crippen LogP contribution in [0.3, 0.4) is 0 Å². The molecule has 1 aromatic carbocycles. The lowest BCUT2D eigenvalue weighted by atomic mass is 9.81. The number of ether oxygens (including phenoxy) is 1. The van der Waals surface area contributed by atoms with E-state index in [0.717, 1.165) is 18.4 Å². The van der Waals surface area contributed by atoms with E-state index in [1.54, 1.807) is 12.1 Å². The number of phenols is 1. The third kappa shape index (κ3) is 3.19. The predicted octanol–water partition coefficient (Wildman–Crippen LogP) is 2.34. The van der Waals surface area contributed by atoms with Crippen molar-refractivity contribution in [3.8, 4) is 11.5 Å². The van der Waals surface area contributed by atoms with E-state index in [0.29, 0.717) is 5.75 Å². The quantitative estimate of drug-likeness (QED) is 0.781. The normalized spacial score (nSPS) is 19.9. The second-order valence-electron chi connectivity index (χ2n) is 5.34. The highest BCUT2D eigenvalue weighted by Gasteiger charge is 2.29. The van der Waals surface area contributed by atoms with Gasteiger partial charge in [0.25, 0.3) is 0 Å². The zero-order valence-corrected chi connectivity index (χ0v) is 11.4. The highest BCUT2D eigenvalue weighted by molar-refractivity contribution is 5.42. The van der Waals surface area contributed by atoms with Crippen LogP contribution in [0.1, 0.15) is 43.7 Å². The van der Waals surface area contributed by atoms with Gasteiger partial charge in [-0.3, -0.25) is 0 Å². The van der Waals surface area contributed by atoms with Gasteiger partial charge < -0.3 is 20.7 Å². The molecule has 1 fully saturated rings. The molecule has 0 radical (unpaired) electrons. The number of phenolic OH excluding ortho intramolecular Hbond substituents is 1. The zero-order chi connectivity index (χ0) is 13.8. The van der Waals surface area contributed by atoms with Gasteiger partial charge in [0, 0.05) is 11.6 Å². The fourth-order valence-electron chi connectivity index (χ4n) is 2.93. The summed E-state index contributed by atoms with van der Waals surface area (Å²) in [5.41, 5.74) is 6.93. The zero-order valence-electron chi connectivity index (χ0n) is 11.4. The van der Waals surface area contributed by atoms with Gasteiger partial charge in [-0.05, 0) is 30.9 Å². The van der Waals surface area contributed by atoms with Crippen LogP contribution in [0.25, 0.3) is 0 Å². The second-order valence-corrected chi connectivity index (χ2v) is 5.34. The maximum atomic E-state index is 10.4. The topological polar surface area (TPSA) is 75.7 Å². The molecule has 0 saturated heterocycles. The molecule has 1 aromatic rings. The summed E-state index contributed by atoms with van der Waals surface area (Å²) in [6.07, 6.45) is 5.10. The third-order valence-electron chi connectivity index (χ3n) is 4.08. The molecule has 0 heterocycles. The lowest BCUT2D eigenvalue weighted by molar-refractivity contribution is 0.0610. The molecule has 19 heavy (non-hydrogen) atoms. The first kappa shape index (κ1) is 14.2. The van der Waals surface area contributed by atoms with Crippen molar-refractivity contribution in [3.63, 3.8) is 0 Å². The van der Waals surface area contributed by atoms with Gasteiger partial charge in [0.1, 0.15) is 11.5 Å². The van der Waals surface area contributed by atoms with Crippen LogP contribution in [-0.2, 0) is 0 Å². The maximum absolute atomic E-state index is 10.4. The van der Waals surface area contributed by atoms with Crippen LogP contribution >= 0.6 is 0 Å². The molecule has 1 saturated carbocycles. The molecule has 1 aliphatic rings. The Kier molecular flexibility index (Phi) is 4.66. The Balaban J connectivity index is 2.15. The van der Waals surface area contributed by atoms with Gasteiger partial charge in [0.2, 0.25) is 0 Å². The van der Waals surface area contributed by atoms with E-state index >= 15 is 0 Å². The van der Waals surface area contributed by atoms with Gasteiger partial charge in [-0.15, -0.1) is 0 Å². The summed E-state index contributed by atoms with van der Waals surface area (Å²) in [4.78, 5) is 0. The van der Waals surface area contributed by atoms with Crippen molar-refractivity contribution in [3.05, 3.63) is 23.8 Å². The third-order valence-corrected chi connectivity index (χ3v) is 4.08. The molecule has 0 amide bonds. The molecular formula is C15H23NO3. The molecule has 0 spiro atoms. The Hall–Kier alpha value is -1.26. The monoisotopic (exact) mass is 265 g/mol. The summed E-state index contributed by atoms with van der Waals surface area (Å²) in [6.45, 7) is 0. The van der Waals surface area contributed by atoms with Crippen molar-refractivity contribution in [2.75, 3.05) is 7.11 Å². The minimum absolute atomic E-state index is 0.139. The molecule has 4 nitrogen and oxygen atoms in total. The van der Waals surface area contributed by atoms with E-state index in [2.05, 4.69) is 0 Å². The first-order valence-corrected chi connectivity index (χ1v) is 6.94.